The molecule has 0 aliphatic rings. The molecule has 0 aliphatic heterocycles. The monoisotopic (exact) mass is 439 g/mol. The van der Waals surface area contributed by atoms with Gasteiger partial charge in [-0.1, -0.05) is 5.21 Å². The number of nitrogens with zero attached hydrogens (tertiary/aromatic N) is 5. The molecule has 3 rings (SSSR count). The summed E-state index contributed by atoms with van der Waals surface area (Å²) in [5, 5.41) is 8.43. The summed E-state index contributed by atoms with van der Waals surface area (Å²) in [4.78, 5) is 7.35. The zero-order valence-corrected chi connectivity index (χ0v) is 15.0. The molecule has 0 saturated carbocycles. The summed E-state index contributed by atoms with van der Waals surface area (Å²) in [6.45, 7) is 3.65. The van der Waals surface area contributed by atoms with Crippen LogP contribution in [-0.2, 0) is 10.1 Å². The molecular weight excluding hydrogens is 431 g/mol. The topological polar surface area (TPSA) is 99.9 Å². The van der Waals surface area contributed by atoms with Crippen molar-refractivity contribution >= 4 is 48.0 Å². The van der Waals surface area contributed by atoms with Gasteiger partial charge < -0.3 is 4.18 Å². The Morgan fingerprint density at radius 3 is 2.56 bits per heavy atom. The molecule has 0 atom stereocenters. The molecule has 0 amide bonds. The van der Waals surface area contributed by atoms with E-state index in [1.807, 2.05) is 13.8 Å². The van der Waals surface area contributed by atoms with Gasteiger partial charge in [0.15, 0.2) is 0 Å². The molecule has 0 bridgehead atoms. The van der Waals surface area contributed by atoms with Crippen molar-refractivity contribution in [3.8, 4) is 6.01 Å². The molecule has 1 aromatic carbocycles. The SMILES string of the molecule is CC(C)n1nnc2c(Br)cc3cnc(OS(=O)(=O)C(F)(F)F)nc3c21. The number of hydrogen-bond acceptors (Lipinski definition) is 7. The van der Waals surface area contributed by atoms with Crippen LogP contribution in [0.3, 0.4) is 0 Å². The van der Waals surface area contributed by atoms with Gasteiger partial charge in [0.2, 0.25) is 0 Å². The van der Waals surface area contributed by atoms with Crippen LogP contribution in [0.5, 0.6) is 6.01 Å². The highest BCUT2D eigenvalue weighted by Gasteiger charge is 2.49. The summed E-state index contributed by atoms with van der Waals surface area (Å²) in [6.07, 6.45) is 1.16. The molecule has 134 valence electrons. The summed E-state index contributed by atoms with van der Waals surface area (Å²) in [5.74, 6) is 0. The highest BCUT2D eigenvalue weighted by Crippen LogP contribution is 2.32. The Kier molecular flexibility index (Phi) is 4.10. The summed E-state index contributed by atoms with van der Waals surface area (Å²) < 4.78 is 65.7. The number of halogens is 4. The maximum absolute atomic E-state index is 12.5. The quantitative estimate of drug-likeness (QED) is 0.456. The first kappa shape index (κ1) is 17.8. The van der Waals surface area contributed by atoms with E-state index < -0.39 is 21.6 Å². The van der Waals surface area contributed by atoms with Crippen LogP contribution in [0.4, 0.5) is 13.2 Å². The van der Waals surface area contributed by atoms with Crippen molar-refractivity contribution in [3.63, 3.8) is 0 Å². The van der Waals surface area contributed by atoms with Gasteiger partial charge in [-0.2, -0.15) is 26.6 Å². The molecule has 8 nitrogen and oxygen atoms in total. The Balaban J connectivity index is 2.25. The molecule has 0 aliphatic carbocycles. The molecule has 0 fully saturated rings. The second kappa shape index (κ2) is 5.76. The van der Waals surface area contributed by atoms with Crippen molar-refractivity contribution in [2.45, 2.75) is 25.4 Å². The van der Waals surface area contributed by atoms with Gasteiger partial charge in [-0.25, -0.2) is 9.67 Å². The maximum atomic E-state index is 12.5. The third kappa shape index (κ3) is 3.01. The highest BCUT2D eigenvalue weighted by atomic mass is 79.9. The number of hydrogen-bond donors (Lipinski definition) is 0. The first-order chi connectivity index (χ1) is 11.5. The molecule has 2 heterocycles. The number of rotatable bonds is 3. The van der Waals surface area contributed by atoms with Crippen LogP contribution >= 0.6 is 15.9 Å². The van der Waals surface area contributed by atoms with Crippen molar-refractivity contribution in [1.82, 2.24) is 25.0 Å². The first-order valence-corrected chi connectivity index (χ1v) is 8.92. The van der Waals surface area contributed by atoms with Gasteiger partial charge in [-0.3, -0.25) is 0 Å². The summed E-state index contributed by atoms with van der Waals surface area (Å²) in [7, 11) is -5.87. The molecule has 13 heteroatoms. The zero-order chi connectivity index (χ0) is 18.6. The fourth-order valence-corrected chi connectivity index (χ4v) is 2.98. The van der Waals surface area contributed by atoms with Gasteiger partial charge >= 0.3 is 21.6 Å². The van der Waals surface area contributed by atoms with Crippen LogP contribution in [0.25, 0.3) is 21.9 Å². The Hall–Kier alpha value is -2.02. The fraction of sp³-hybridized carbons (Fsp3) is 0.333. The van der Waals surface area contributed by atoms with Crippen LogP contribution < -0.4 is 4.18 Å². The van der Waals surface area contributed by atoms with Gasteiger partial charge in [0.1, 0.15) is 16.6 Å². The molecule has 0 radical (unpaired) electrons. The van der Waals surface area contributed by atoms with E-state index >= 15 is 0 Å². The van der Waals surface area contributed by atoms with E-state index in [9.17, 15) is 21.6 Å². The highest BCUT2D eigenvalue weighted by molar-refractivity contribution is 9.10. The first-order valence-electron chi connectivity index (χ1n) is 6.72. The third-order valence-electron chi connectivity index (χ3n) is 3.18. The molecular formula is C12H9BrF3N5O3S. The Bertz CT molecular complexity index is 1080. The van der Waals surface area contributed by atoms with Crippen LogP contribution in [-0.4, -0.2) is 38.9 Å². The van der Waals surface area contributed by atoms with E-state index in [1.165, 1.54) is 4.68 Å². The molecule has 0 unspecified atom stereocenters. The normalized spacial score (nSPS) is 13.1. The number of benzene rings is 1. The minimum absolute atomic E-state index is 0.124. The fourth-order valence-electron chi connectivity index (χ4n) is 2.10. The zero-order valence-electron chi connectivity index (χ0n) is 12.6. The average molecular weight is 440 g/mol. The molecule has 0 spiro atoms. The van der Waals surface area contributed by atoms with Crippen molar-refractivity contribution < 1.29 is 25.8 Å². The Morgan fingerprint density at radius 1 is 1.28 bits per heavy atom. The number of aromatic nitrogens is 5. The minimum Gasteiger partial charge on any atom is -0.337 e. The van der Waals surface area contributed by atoms with Gasteiger partial charge in [-0.15, -0.1) is 5.10 Å². The molecule has 0 saturated heterocycles. The van der Waals surface area contributed by atoms with Gasteiger partial charge in [-0.05, 0) is 35.8 Å². The number of alkyl halides is 3. The second-order valence-electron chi connectivity index (χ2n) is 5.26. The minimum atomic E-state index is -5.87. The number of fused-ring (bicyclic) bond motifs is 3. The van der Waals surface area contributed by atoms with Crippen molar-refractivity contribution in [2.24, 2.45) is 0 Å². The standard InChI is InChI=1S/C12H9BrF3N5O3S/c1-5(2)21-10-8-6(3-7(13)9(10)19-20-21)4-17-11(18-8)24-25(22,23)12(14,15)16/h3-5H,1-2H3. The summed E-state index contributed by atoms with van der Waals surface area (Å²) in [6, 6.07) is 0.532. The summed E-state index contributed by atoms with van der Waals surface area (Å²) in [5.41, 5.74) is -4.58. The second-order valence-corrected chi connectivity index (χ2v) is 7.65. The van der Waals surface area contributed by atoms with E-state index in [2.05, 4.69) is 40.4 Å². The third-order valence-corrected chi connectivity index (χ3v) is 4.72. The Morgan fingerprint density at radius 2 is 1.96 bits per heavy atom. The van der Waals surface area contributed by atoms with Crippen molar-refractivity contribution in [3.05, 3.63) is 16.7 Å². The van der Waals surface area contributed by atoms with Crippen LogP contribution in [0.15, 0.2) is 16.7 Å². The lowest BCUT2D eigenvalue weighted by Gasteiger charge is -2.10. The van der Waals surface area contributed by atoms with E-state index in [-0.39, 0.29) is 11.6 Å². The van der Waals surface area contributed by atoms with Crippen molar-refractivity contribution in [1.29, 1.82) is 0 Å². The maximum Gasteiger partial charge on any atom is 0.534 e. The van der Waals surface area contributed by atoms with Crippen LogP contribution in [0.1, 0.15) is 19.9 Å². The van der Waals surface area contributed by atoms with Gasteiger partial charge in [0.25, 0.3) is 0 Å². The smallest absolute Gasteiger partial charge is 0.337 e. The van der Waals surface area contributed by atoms with E-state index in [1.54, 1.807) is 6.07 Å². The lowest BCUT2D eigenvalue weighted by molar-refractivity contribution is -0.0502. The predicted octanol–water partition coefficient (Wildman–Crippen LogP) is 2.95. The van der Waals surface area contributed by atoms with E-state index in [4.69, 9.17) is 0 Å². The lowest BCUT2D eigenvalue weighted by atomic mass is 10.2. The molecule has 0 N–H and O–H groups in total. The largest absolute Gasteiger partial charge is 0.534 e. The Labute approximate surface area is 147 Å². The summed E-state index contributed by atoms with van der Waals surface area (Å²) >= 11 is 3.33. The van der Waals surface area contributed by atoms with E-state index in [0.29, 0.717) is 20.9 Å². The predicted molar refractivity (Wildman–Crippen MR) is 84.3 cm³/mol. The average Bonchev–Trinajstić information content (AvgIpc) is 2.92. The molecule has 3 aromatic rings. The van der Waals surface area contributed by atoms with Gasteiger partial charge in [0.05, 0.1) is 0 Å². The molecule has 25 heavy (non-hydrogen) atoms. The van der Waals surface area contributed by atoms with E-state index in [0.717, 1.165) is 6.20 Å². The van der Waals surface area contributed by atoms with Crippen molar-refractivity contribution in [2.75, 3.05) is 0 Å². The molecule has 2 aromatic heterocycles. The lowest BCUT2D eigenvalue weighted by Crippen LogP contribution is -2.28. The van der Waals surface area contributed by atoms with Crippen LogP contribution in [0, 0.1) is 0 Å². The van der Waals surface area contributed by atoms with Crippen LogP contribution in [0.2, 0.25) is 0 Å². The van der Waals surface area contributed by atoms with Gasteiger partial charge in [0, 0.05) is 22.1 Å².